The zero-order valence-corrected chi connectivity index (χ0v) is 12.3. The second kappa shape index (κ2) is 7.15. The number of nitrogens with zero attached hydrogens (tertiary/aromatic N) is 2. The van der Waals surface area contributed by atoms with E-state index in [2.05, 4.69) is 48.1 Å². The molecule has 1 unspecified atom stereocenters. The lowest BCUT2D eigenvalue weighted by Crippen LogP contribution is -2.16. The molecular formula is C17H23N3. The Labute approximate surface area is 121 Å². The first-order valence-electron chi connectivity index (χ1n) is 7.25. The minimum atomic E-state index is 0.658. The molecule has 1 heterocycles. The highest BCUT2D eigenvalue weighted by molar-refractivity contribution is 5.61. The Bertz CT molecular complexity index is 506. The highest BCUT2D eigenvalue weighted by atomic mass is 14.8. The molecule has 106 valence electrons. The molecule has 2 N–H and O–H groups in total. The molecule has 1 atom stereocenters. The van der Waals surface area contributed by atoms with E-state index in [0.29, 0.717) is 11.8 Å². The van der Waals surface area contributed by atoms with Crippen LogP contribution in [0.4, 0.5) is 0 Å². The van der Waals surface area contributed by atoms with E-state index in [1.54, 1.807) is 6.33 Å². The topological polar surface area (TPSA) is 51.8 Å². The molecule has 0 saturated carbocycles. The summed E-state index contributed by atoms with van der Waals surface area (Å²) in [4.78, 5) is 8.11. The van der Waals surface area contributed by atoms with Crippen LogP contribution in [0.2, 0.25) is 0 Å². The molecule has 2 aromatic rings. The van der Waals surface area contributed by atoms with Crippen molar-refractivity contribution in [2.75, 3.05) is 6.54 Å². The van der Waals surface area contributed by atoms with Crippen LogP contribution in [-0.2, 0) is 6.42 Å². The molecule has 0 aliphatic rings. The van der Waals surface area contributed by atoms with Gasteiger partial charge in [-0.25, -0.2) is 9.97 Å². The summed E-state index contributed by atoms with van der Waals surface area (Å²) in [6, 6.07) is 8.70. The number of benzene rings is 1. The number of nitrogens with two attached hydrogens (primary N) is 1. The standard InChI is InChI=1S/C17H23N3/c1-13(2)16(7-8-18)9-14-3-5-15(6-4-14)17-10-19-12-20-11-17/h3-6,10-13,16H,7-9,18H2,1-2H3. The Morgan fingerprint density at radius 1 is 1.00 bits per heavy atom. The molecule has 1 aromatic carbocycles. The van der Waals surface area contributed by atoms with Crippen molar-refractivity contribution >= 4 is 0 Å². The van der Waals surface area contributed by atoms with Gasteiger partial charge in [-0.3, -0.25) is 0 Å². The molecule has 0 bridgehead atoms. The quantitative estimate of drug-likeness (QED) is 0.875. The van der Waals surface area contributed by atoms with Crippen molar-refractivity contribution in [3.8, 4) is 11.1 Å². The zero-order chi connectivity index (χ0) is 14.4. The summed E-state index contributed by atoms with van der Waals surface area (Å²) >= 11 is 0. The summed E-state index contributed by atoms with van der Waals surface area (Å²) in [5.74, 6) is 1.33. The fraction of sp³-hybridized carbons (Fsp3) is 0.412. The van der Waals surface area contributed by atoms with Crippen LogP contribution in [0.5, 0.6) is 0 Å². The molecule has 0 saturated heterocycles. The average molecular weight is 269 g/mol. The van der Waals surface area contributed by atoms with Gasteiger partial charge in [0.1, 0.15) is 6.33 Å². The van der Waals surface area contributed by atoms with E-state index in [9.17, 15) is 0 Å². The average Bonchev–Trinajstić information content (AvgIpc) is 2.48. The SMILES string of the molecule is CC(C)C(CCN)Cc1ccc(-c2cncnc2)cc1. The number of hydrogen-bond acceptors (Lipinski definition) is 3. The smallest absolute Gasteiger partial charge is 0.115 e. The molecular weight excluding hydrogens is 246 g/mol. The highest BCUT2D eigenvalue weighted by Gasteiger charge is 2.13. The third-order valence-corrected chi connectivity index (χ3v) is 3.83. The first kappa shape index (κ1) is 14.7. The van der Waals surface area contributed by atoms with Crippen molar-refractivity contribution in [3.05, 3.63) is 48.5 Å². The van der Waals surface area contributed by atoms with Gasteiger partial charge in [-0.15, -0.1) is 0 Å². The normalized spacial score (nSPS) is 12.6. The van der Waals surface area contributed by atoms with Crippen molar-refractivity contribution in [2.24, 2.45) is 17.6 Å². The fourth-order valence-corrected chi connectivity index (χ4v) is 2.47. The number of rotatable bonds is 6. The van der Waals surface area contributed by atoms with Crippen molar-refractivity contribution in [1.29, 1.82) is 0 Å². The lowest BCUT2D eigenvalue weighted by atomic mass is 9.86. The van der Waals surface area contributed by atoms with E-state index in [1.807, 2.05) is 12.4 Å². The van der Waals surface area contributed by atoms with Gasteiger partial charge in [0.05, 0.1) is 0 Å². The molecule has 0 amide bonds. The van der Waals surface area contributed by atoms with E-state index in [1.165, 1.54) is 5.56 Å². The summed E-state index contributed by atoms with van der Waals surface area (Å²) in [5.41, 5.74) is 9.30. The van der Waals surface area contributed by atoms with Crippen molar-refractivity contribution in [2.45, 2.75) is 26.7 Å². The van der Waals surface area contributed by atoms with Gasteiger partial charge in [-0.05, 0) is 42.3 Å². The van der Waals surface area contributed by atoms with Crippen LogP contribution in [-0.4, -0.2) is 16.5 Å². The van der Waals surface area contributed by atoms with E-state index in [-0.39, 0.29) is 0 Å². The molecule has 0 spiro atoms. The third kappa shape index (κ3) is 3.87. The van der Waals surface area contributed by atoms with Gasteiger partial charge in [-0.1, -0.05) is 38.1 Å². The fourth-order valence-electron chi connectivity index (χ4n) is 2.47. The van der Waals surface area contributed by atoms with E-state index < -0.39 is 0 Å². The van der Waals surface area contributed by atoms with Crippen LogP contribution < -0.4 is 5.73 Å². The maximum atomic E-state index is 5.71. The van der Waals surface area contributed by atoms with Gasteiger partial charge >= 0.3 is 0 Å². The van der Waals surface area contributed by atoms with Crippen LogP contribution in [0.1, 0.15) is 25.8 Å². The van der Waals surface area contributed by atoms with Crippen molar-refractivity contribution in [3.63, 3.8) is 0 Å². The second-order valence-electron chi connectivity index (χ2n) is 5.61. The molecule has 1 aromatic heterocycles. The molecule has 2 rings (SSSR count). The predicted octanol–water partition coefficient (Wildman–Crippen LogP) is 3.31. The van der Waals surface area contributed by atoms with Crippen LogP contribution >= 0.6 is 0 Å². The third-order valence-electron chi connectivity index (χ3n) is 3.83. The van der Waals surface area contributed by atoms with Gasteiger partial charge in [0.25, 0.3) is 0 Å². The molecule has 0 radical (unpaired) electrons. The summed E-state index contributed by atoms with van der Waals surface area (Å²) in [6.45, 7) is 5.31. The Balaban J connectivity index is 2.08. The van der Waals surface area contributed by atoms with Crippen LogP contribution in [0.15, 0.2) is 43.0 Å². The maximum absolute atomic E-state index is 5.71. The van der Waals surface area contributed by atoms with Crippen LogP contribution in [0, 0.1) is 11.8 Å². The Morgan fingerprint density at radius 3 is 2.20 bits per heavy atom. The lowest BCUT2D eigenvalue weighted by Gasteiger charge is -2.20. The summed E-state index contributed by atoms with van der Waals surface area (Å²) < 4.78 is 0. The van der Waals surface area contributed by atoms with Crippen molar-refractivity contribution in [1.82, 2.24) is 9.97 Å². The first-order valence-corrected chi connectivity index (χ1v) is 7.25. The van der Waals surface area contributed by atoms with E-state index in [0.717, 1.165) is 30.5 Å². The summed E-state index contributed by atoms with van der Waals surface area (Å²) in [5, 5.41) is 0. The molecule has 3 nitrogen and oxygen atoms in total. The van der Waals surface area contributed by atoms with Gasteiger partial charge in [0.2, 0.25) is 0 Å². The second-order valence-corrected chi connectivity index (χ2v) is 5.61. The Morgan fingerprint density at radius 2 is 1.65 bits per heavy atom. The minimum absolute atomic E-state index is 0.658. The van der Waals surface area contributed by atoms with Gasteiger partial charge < -0.3 is 5.73 Å². The predicted molar refractivity (Wildman–Crippen MR) is 83.2 cm³/mol. The molecule has 0 aliphatic heterocycles. The Hall–Kier alpha value is -1.74. The van der Waals surface area contributed by atoms with Gasteiger partial charge in [0, 0.05) is 18.0 Å². The largest absolute Gasteiger partial charge is 0.330 e. The lowest BCUT2D eigenvalue weighted by molar-refractivity contribution is 0.362. The maximum Gasteiger partial charge on any atom is 0.115 e. The summed E-state index contributed by atoms with van der Waals surface area (Å²) in [7, 11) is 0. The molecule has 0 fully saturated rings. The van der Waals surface area contributed by atoms with Crippen LogP contribution in [0.25, 0.3) is 11.1 Å². The van der Waals surface area contributed by atoms with E-state index in [4.69, 9.17) is 5.73 Å². The highest BCUT2D eigenvalue weighted by Crippen LogP contribution is 2.23. The van der Waals surface area contributed by atoms with Gasteiger partial charge in [-0.2, -0.15) is 0 Å². The van der Waals surface area contributed by atoms with Gasteiger partial charge in [0.15, 0.2) is 0 Å². The molecule has 3 heteroatoms. The number of aromatic nitrogens is 2. The number of hydrogen-bond donors (Lipinski definition) is 1. The minimum Gasteiger partial charge on any atom is -0.330 e. The molecule has 20 heavy (non-hydrogen) atoms. The van der Waals surface area contributed by atoms with Crippen molar-refractivity contribution < 1.29 is 0 Å². The van der Waals surface area contributed by atoms with Crippen LogP contribution in [0.3, 0.4) is 0 Å². The van der Waals surface area contributed by atoms with E-state index >= 15 is 0 Å². The Kier molecular flexibility index (Phi) is 5.24. The molecule has 0 aliphatic carbocycles. The zero-order valence-electron chi connectivity index (χ0n) is 12.3. The monoisotopic (exact) mass is 269 g/mol. The summed E-state index contributed by atoms with van der Waals surface area (Å²) in [6.07, 6.45) is 7.42. The first-order chi connectivity index (χ1) is 9.70.